The molecule has 3 fully saturated rings. The van der Waals surface area contributed by atoms with E-state index >= 15 is 0 Å². The normalized spacial score (nSPS) is 27.0. The Labute approximate surface area is 179 Å². The zero-order valence-corrected chi connectivity index (χ0v) is 18.0. The SMILES string of the molecule is O=C(NC1CCC(CCN2CCN(c3cccc4c3OCO4)CC2)CC1)C1CCC1. The molecule has 2 saturated carbocycles. The lowest BCUT2D eigenvalue weighted by Crippen LogP contribution is -2.47. The lowest BCUT2D eigenvalue weighted by molar-refractivity contribution is -0.128. The van der Waals surface area contributed by atoms with Crippen molar-refractivity contribution in [2.75, 3.05) is 44.4 Å². The summed E-state index contributed by atoms with van der Waals surface area (Å²) >= 11 is 0. The number of amides is 1. The third kappa shape index (κ3) is 4.39. The fourth-order valence-electron chi connectivity index (χ4n) is 5.33. The monoisotopic (exact) mass is 413 g/mol. The third-order valence-corrected chi connectivity index (χ3v) is 7.61. The Bertz CT molecular complexity index is 735. The van der Waals surface area contributed by atoms with Crippen LogP contribution in [0.3, 0.4) is 0 Å². The van der Waals surface area contributed by atoms with Crippen LogP contribution in [0.25, 0.3) is 0 Å². The Kier molecular flexibility index (Phi) is 6.02. The highest BCUT2D eigenvalue weighted by atomic mass is 16.7. The number of anilines is 1. The zero-order valence-electron chi connectivity index (χ0n) is 18.0. The van der Waals surface area contributed by atoms with Gasteiger partial charge in [-0.05, 0) is 69.5 Å². The van der Waals surface area contributed by atoms with Gasteiger partial charge < -0.3 is 19.7 Å². The molecule has 0 aromatic heterocycles. The van der Waals surface area contributed by atoms with Gasteiger partial charge in [-0.15, -0.1) is 0 Å². The van der Waals surface area contributed by atoms with E-state index in [-0.39, 0.29) is 0 Å². The molecule has 6 heteroatoms. The molecule has 1 saturated heterocycles. The van der Waals surface area contributed by atoms with Crippen molar-refractivity contribution in [2.24, 2.45) is 11.8 Å². The van der Waals surface area contributed by atoms with Crippen LogP contribution in [0.2, 0.25) is 0 Å². The number of hydrogen-bond donors (Lipinski definition) is 1. The number of fused-ring (bicyclic) bond motifs is 1. The van der Waals surface area contributed by atoms with Crippen LogP contribution >= 0.6 is 0 Å². The van der Waals surface area contributed by atoms with E-state index in [4.69, 9.17) is 9.47 Å². The maximum absolute atomic E-state index is 12.2. The first kappa shape index (κ1) is 20.0. The van der Waals surface area contributed by atoms with Crippen molar-refractivity contribution in [1.82, 2.24) is 10.2 Å². The molecule has 0 bridgehead atoms. The van der Waals surface area contributed by atoms with E-state index in [0.717, 1.165) is 69.3 Å². The standard InChI is InChI=1S/C24H35N3O3/c28-24(19-3-1-4-19)25-20-9-7-18(8-10-20)11-12-26-13-15-27(16-14-26)21-5-2-6-22-23(21)30-17-29-22/h2,5-6,18-20H,1,3-4,7-17H2,(H,25,28). The van der Waals surface area contributed by atoms with Gasteiger partial charge in [-0.25, -0.2) is 0 Å². The highest BCUT2D eigenvalue weighted by molar-refractivity contribution is 5.79. The number of para-hydroxylation sites is 1. The lowest BCUT2D eigenvalue weighted by Gasteiger charge is -2.37. The second kappa shape index (κ2) is 9.04. The predicted octanol–water partition coefficient (Wildman–Crippen LogP) is 3.40. The first-order chi connectivity index (χ1) is 14.8. The van der Waals surface area contributed by atoms with E-state index in [1.807, 2.05) is 6.07 Å². The number of carbonyl (C=O) groups is 1. The maximum Gasteiger partial charge on any atom is 0.231 e. The van der Waals surface area contributed by atoms with Crippen molar-refractivity contribution < 1.29 is 14.3 Å². The Hall–Kier alpha value is -1.95. The minimum atomic E-state index is 0.317. The number of ether oxygens (including phenoxy) is 2. The average Bonchev–Trinajstić information content (AvgIpc) is 3.21. The van der Waals surface area contributed by atoms with Crippen molar-refractivity contribution in [3.05, 3.63) is 18.2 Å². The van der Waals surface area contributed by atoms with Crippen molar-refractivity contribution >= 4 is 11.6 Å². The van der Waals surface area contributed by atoms with E-state index in [1.54, 1.807) is 0 Å². The van der Waals surface area contributed by atoms with Crippen LogP contribution in [0.1, 0.15) is 51.4 Å². The Morgan fingerprint density at radius 1 is 1.00 bits per heavy atom. The largest absolute Gasteiger partial charge is 0.454 e. The summed E-state index contributed by atoms with van der Waals surface area (Å²) in [6.45, 7) is 5.83. The first-order valence-electron chi connectivity index (χ1n) is 11.9. The smallest absolute Gasteiger partial charge is 0.231 e. The van der Waals surface area contributed by atoms with Gasteiger partial charge >= 0.3 is 0 Å². The van der Waals surface area contributed by atoms with Gasteiger partial charge in [0, 0.05) is 38.1 Å². The molecular weight excluding hydrogens is 378 g/mol. The van der Waals surface area contributed by atoms with Gasteiger partial charge in [0.2, 0.25) is 12.7 Å². The number of nitrogens with zero attached hydrogens (tertiary/aromatic N) is 2. The highest BCUT2D eigenvalue weighted by Gasteiger charge is 2.29. The molecular formula is C24H35N3O3. The van der Waals surface area contributed by atoms with Crippen LogP contribution in [0.4, 0.5) is 5.69 Å². The fourth-order valence-corrected chi connectivity index (χ4v) is 5.33. The molecule has 6 nitrogen and oxygen atoms in total. The molecule has 1 amide bonds. The van der Waals surface area contributed by atoms with Gasteiger partial charge in [-0.3, -0.25) is 9.69 Å². The zero-order chi connectivity index (χ0) is 20.3. The quantitative estimate of drug-likeness (QED) is 0.775. The number of piperazine rings is 1. The van der Waals surface area contributed by atoms with Crippen LogP contribution in [0.5, 0.6) is 11.5 Å². The molecule has 1 N–H and O–H groups in total. The first-order valence-corrected chi connectivity index (χ1v) is 11.9. The average molecular weight is 414 g/mol. The van der Waals surface area contributed by atoms with Crippen LogP contribution in [-0.4, -0.2) is 56.4 Å². The minimum Gasteiger partial charge on any atom is -0.454 e. The molecule has 0 atom stereocenters. The van der Waals surface area contributed by atoms with Gasteiger partial charge in [0.25, 0.3) is 0 Å². The summed E-state index contributed by atoms with van der Waals surface area (Å²) in [7, 11) is 0. The number of nitrogens with one attached hydrogen (secondary N) is 1. The molecule has 0 radical (unpaired) electrons. The topological polar surface area (TPSA) is 54.0 Å². The van der Waals surface area contributed by atoms with Gasteiger partial charge in [0.1, 0.15) is 0 Å². The Morgan fingerprint density at radius 2 is 1.80 bits per heavy atom. The minimum absolute atomic E-state index is 0.317. The molecule has 30 heavy (non-hydrogen) atoms. The van der Waals surface area contributed by atoms with E-state index in [0.29, 0.717) is 24.7 Å². The predicted molar refractivity (Wildman–Crippen MR) is 117 cm³/mol. The Morgan fingerprint density at radius 3 is 2.53 bits per heavy atom. The van der Waals surface area contributed by atoms with Crippen molar-refractivity contribution in [2.45, 2.75) is 57.4 Å². The molecule has 164 valence electrons. The Balaban J connectivity index is 1.01. The summed E-state index contributed by atoms with van der Waals surface area (Å²) in [5.74, 6) is 3.24. The summed E-state index contributed by atoms with van der Waals surface area (Å²) in [6.07, 6.45) is 9.59. The van der Waals surface area contributed by atoms with E-state index in [9.17, 15) is 4.79 Å². The molecule has 4 aliphatic rings. The van der Waals surface area contributed by atoms with Crippen LogP contribution in [0, 0.1) is 11.8 Å². The third-order valence-electron chi connectivity index (χ3n) is 7.61. The molecule has 0 spiro atoms. The summed E-state index contributed by atoms with van der Waals surface area (Å²) in [5.41, 5.74) is 1.17. The maximum atomic E-state index is 12.2. The number of rotatable bonds is 6. The lowest BCUT2D eigenvalue weighted by atomic mass is 9.82. The summed E-state index contributed by atoms with van der Waals surface area (Å²) in [4.78, 5) is 17.2. The van der Waals surface area contributed by atoms with Crippen molar-refractivity contribution in [3.8, 4) is 11.5 Å². The number of carbonyl (C=O) groups excluding carboxylic acids is 1. The fraction of sp³-hybridized carbons (Fsp3) is 0.708. The summed E-state index contributed by atoms with van der Waals surface area (Å²) in [5, 5.41) is 3.31. The van der Waals surface area contributed by atoms with Crippen molar-refractivity contribution in [3.63, 3.8) is 0 Å². The molecule has 5 rings (SSSR count). The van der Waals surface area contributed by atoms with E-state index < -0.39 is 0 Å². The number of benzene rings is 1. The molecule has 1 aromatic carbocycles. The van der Waals surface area contributed by atoms with Gasteiger partial charge in [-0.1, -0.05) is 12.5 Å². The second-order valence-corrected chi connectivity index (χ2v) is 9.48. The molecule has 1 aromatic rings. The highest BCUT2D eigenvalue weighted by Crippen LogP contribution is 2.41. The van der Waals surface area contributed by atoms with E-state index in [2.05, 4.69) is 27.2 Å². The van der Waals surface area contributed by atoms with Gasteiger partial charge in [0.05, 0.1) is 5.69 Å². The van der Waals surface area contributed by atoms with E-state index in [1.165, 1.54) is 37.9 Å². The van der Waals surface area contributed by atoms with Crippen LogP contribution in [-0.2, 0) is 4.79 Å². The van der Waals surface area contributed by atoms with Crippen molar-refractivity contribution in [1.29, 1.82) is 0 Å². The molecule has 2 aliphatic carbocycles. The van der Waals surface area contributed by atoms with Crippen LogP contribution < -0.4 is 19.7 Å². The summed E-state index contributed by atoms with van der Waals surface area (Å²) < 4.78 is 11.2. The number of hydrogen-bond acceptors (Lipinski definition) is 5. The molecule has 2 heterocycles. The van der Waals surface area contributed by atoms with Gasteiger partial charge in [0.15, 0.2) is 11.5 Å². The van der Waals surface area contributed by atoms with Crippen LogP contribution in [0.15, 0.2) is 18.2 Å². The summed E-state index contributed by atoms with van der Waals surface area (Å²) in [6, 6.07) is 6.61. The molecule has 2 aliphatic heterocycles. The second-order valence-electron chi connectivity index (χ2n) is 9.48. The molecule has 0 unspecified atom stereocenters. The van der Waals surface area contributed by atoms with Gasteiger partial charge in [-0.2, -0.15) is 0 Å².